The molecule has 25 heavy (non-hydrogen) atoms. The summed E-state index contributed by atoms with van der Waals surface area (Å²) in [7, 11) is 0. The average molecular weight is 392 g/mol. The van der Waals surface area contributed by atoms with E-state index in [1.54, 1.807) is 24.4 Å². The van der Waals surface area contributed by atoms with Crippen molar-refractivity contribution in [3.8, 4) is 5.69 Å². The van der Waals surface area contributed by atoms with Crippen LogP contribution >= 0.6 is 35.0 Å². The zero-order valence-electron chi connectivity index (χ0n) is 13.4. The minimum absolute atomic E-state index is 0.173. The smallest absolute Gasteiger partial charge is 0.234 e. The van der Waals surface area contributed by atoms with Crippen molar-refractivity contribution >= 4 is 46.6 Å². The van der Waals surface area contributed by atoms with Crippen molar-refractivity contribution in [2.75, 3.05) is 11.1 Å². The molecule has 128 valence electrons. The first-order valence-electron chi connectivity index (χ1n) is 7.51. The maximum Gasteiger partial charge on any atom is 0.234 e. The van der Waals surface area contributed by atoms with Gasteiger partial charge in [-0.2, -0.15) is 0 Å². The van der Waals surface area contributed by atoms with E-state index in [9.17, 15) is 4.79 Å². The fourth-order valence-electron chi connectivity index (χ4n) is 2.32. The van der Waals surface area contributed by atoms with Crippen LogP contribution in [0.15, 0.2) is 60.0 Å². The molecule has 0 fully saturated rings. The first-order chi connectivity index (χ1) is 12.0. The number of hydrogen-bond acceptors (Lipinski definition) is 3. The van der Waals surface area contributed by atoms with Crippen molar-refractivity contribution in [1.29, 1.82) is 0 Å². The van der Waals surface area contributed by atoms with E-state index in [4.69, 9.17) is 23.2 Å². The molecule has 0 aliphatic heterocycles. The monoisotopic (exact) mass is 391 g/mol. The molecular formula is C18H15Cl2N3OS. The number of carbonyl (C=O) groups is 1. The Kier molecular flexibility index (Phi) is 5.68. The second-order valence-corrected chi connectivity index (χ2v) is 7.11. The second-order valence-electron chi connectivity index (χ2n) is 5.33. The number of nitrogens with one attached hydrogen (secondary N) is 1. The Morgan fingerprint density at radius 1 is 1.24 bits per heavy atom. The van der Waals surface area contributed by atoms with E-state index in [-0.39, 0.29) is 11.7 Å². The van der Waals surface area contributed by atoms with Crippen LogP contribution in [0.4, 0.5) is 5.69 Å². The number of aryl methyl sites for hydroxylation is 1. The third kappa shape index (κ3) is 4.37. The van der Waals surface area contributed by atoms with Gasteiger partial charge < -0.3 is 5.32 Å². The number of hydrogen-bond donors (Lipinski definition) is 1. The van der Waals surface area contributed by atoms with E-state index in [1.165, 1.54) is 11.8 Å². The van der Waals surface area contributed by atoms with Crippen LogP contribution in [-0.2, 0) is 4.79 Å². The zero-order chi connectivity index (χ0) is 17.8. The minimum atomic E-state index is -0.173. The predicted octanol–water partition coefficient (Wildman–Crippen LogP) is 5.22. The van der Waals surface area contributed by atoms with Gasteiger partial charge in [0.1, 0.15) is 0 Å². The normalized spacial score (nSPS) is 10.7. The molecule has 0 radical (unpaired) electrons. The van der Waals surface area contributed by atoms with Crippen molar-refractivity contribution in [2.24, 2.45) is 0 Å². The first kappa shape index (κ1) is 17.9. The highest BCUT2D eigenvalue weighted by Gasteiger charge is 2.11. The predicted molar refractivity (Wildman–Crippen MR) is 104 cm³/mol. The van der Waals surface area contributed by atoms with Crippen LogP contribution in [-0.4, -0.2) is 21.2 Å². The van der Waals surface area contributed by atoms with Crippen molar-refractivity contribution in [3.63, 3.8) is 0 Å². The highest BCUT2D eigenvalue weighted by molar-refractivity contribution is 7.99. The Balaban J connectivity index is 1.69. The number of thioether (sulfide) groups is 1. The lowest BCUT2D eigenvalue weighted by Gasteiger charge is -2.11. The van der Waals surface area contributed by atoms with Gasteiger partial charge >= 0.3 is 0 Å². The molecule has 3 rings (SSSR count). The van der Waals surface area contributed by atoms with Crippen LogP contribution in [0.3, 0.4) is 0 Å². The molecule has 0 saturated carbocycles. The number of aromatic nitrogens is 2. The van der Waals surface area contributed by atoms with Gasteiger partial charge in [0.2, 0.25) is 5.91 Å². The number of anilines is 1. The summed E-state index contributed by atoms with van der Waals surface area (Å²) in [5.74, 6) is 0.0413. The molecule has 3 aromatic rings. The van der Waals surface area contributed by atoms with Crippen LogP contribution in [0.2, 0.25) is 10.0 Å². The van der Waals surface area contributed by atoms with Gasteiger partial charge in [-0.05, 0) is 36.8 Å². The van der Waals surface area contributed by atoms with Crippen molar-refractivity contribution in [1.82, 2.24) is 9.55 Å². The minimum Gasteiger partial charge on any atom is -0.324 e. The average Bonchev–Trinajstić information content (AvgIpc) is 3.05. The Labute approximate surface area is 160 Å². The van der Waals surface area contributed by atoms with Gasteiger partial charge in [-0.3, -0.25) is 9.36 Å². The van der Waals surface area contributed by atoms with Gasteiger partial charge in [0.15, 0.2) is 5.16 Å². The quantitative estimate of drug-likeness (QED) is 0.606. The molecule has 0 atom stereocenters. The van der Waals surface area contributed by atoms with Gasteiger partial charge in [0.05, 0.1) is 22.2 Å². The Morgan fingerprint density at radius 3 is 2.84 bits per heavy atom. The van der Waals surface area contributed by atoms with Crippen molar-refractivity contribution < 1.29 is 4.79 Å². The summed E-state index contributed by atoms with van der Waals surface area (Å²) in [6.45, 7) is 2.04. The van der Waals surface area contributed by atoms with Gasteiger partial charge in [0.25, 0.3) is 0 Å². The number of para-hydroxylation sites is 1. The molecule has 0 spiro atoms. The number of imidazole rings is 1. The van der Waals surface area contributed by atoms with Gasteiger partial charge in [-0.1, -0.05) is 53.2 Å². The number of nitrogens with zero attached hydrogens (tertiary/aromatic N) is 2. The van der Waals surface area contributed by atoms with Gasteiger partial charge in [-0.25, -0.2) is 4.98 Å². The molecule has 0 aliphatic carbocycles. The fourth-order valence-corrected chi connectivity index (χ4v) is 3.43. The summed E-state index contributed by atoms with van der Waals surface area (Å²) in [6, 6.07) is 13.0. The van der Waals surface area contributed by atoms with E-state index in [2.05, 4.69) is 10.3 Å². The largest absolute Gasteiger partial charge is 0.324 e. The molecule has 2 aromatic carbocycles. The molecule has 0 saturated heterocycles. The fraction of sp³-hybridized carbons (Fsp3) is 0.111. The van der Waals surface area contributed by atoms with Crippen LogP contribution in [0.25, 0.3) is 5.69 Å². The number of carbonyl (C=O) groups excluding carboxylic acids is 1. The molecule has 0 bridgehead atoms. The number of rotatable bonds is 5. The Bertz CT molecular complexity index is 911. The van der Waals surface area contributed by atoms with Crippen LogP contribution < -0.4 is 5.32 Å². The molecular weight excluding hydrogens is 377 g/mol. The number of amides is 1. The molecule has 1 amide bonds. The third-order valence-corrected chi connectivity index (χ3v) is 5.05. The number of halogens is 2. The Morgan fingerprint density at radius 2 is 2.04 bits per heavy atom. The Hall–Kier alpha value is -1.95. The highest BCUT2D eigenvalue weighted by atomic mass is 35.5. The lowest BCUT2D eigenvalue weighted by molar-refractivity contribution is -0.113. The topological polar surface area (TPSA) is 46.9 Å². The summed E-state index contributed by atoms with van der Waals surface area (Å²) in [5.41, 5.74) is 2.68. The lowest BCUT2D eigenvalue weighted by Crippen LogP contribution is -2.14. The molecule has 1 N–H and O–H groups in total. The molecule has 0 unspecified atom stereocenters. The summed E-state index contributed by atoms with van der Waals surface area (Å²) < 4.78 is 1.97. The first-order valence-corrected chi connectivity index (χ1v) is 9.26. The van der Waals surface area contributed by atoms with E-state index >= 15 is 0 Å². The maximum absolute atomic E-state index is 12.2. The van der Waals surface area contributed by atoms with E-state index in [0.29, 0.717) is 15.7 Å². The van der Waals surface area contributed by atoms with Gasteiger partial charge in [0, 0.05) is 17.4 Å². The van der Waals surface area contributed by atoms with E-state index < -0.39 is 0 Å². The summed E-state index contributed by atoms with van der Waals surface area (Å²) in [4.78, 5) is 16.6. The highest BCUT2D eigenvalue weighted by Crippen LogP contribution is 2.26. The molecule has 4 nitrogen and oxygen atoms in total. The van der Waals surface area contributed by atoms with Crippen molar-refractivity contribution in [2.45, 2.75) is 12.1 Å². The second kappa shape index (κ2) is 7.95. The number of benzene rings is 2. The molecule has 0 aliphatic rings. The maximum atomic E-state index is 12.2. The lowest BCUT2D eigenvalue weighted by atomic mass is 10.2. The molecule has 7 heteroatoms. The molecule has 1 heterocycles. The summed E-state index contributed by atoms with van der Waals surface area (Å²) in [5, 5.41) is 4.49. The zero-order valence-corrected chi connectivity index (χ0v) is 15.7. The van der Waals surface area contributed by atoms with E-state index in [1.807, 2.05) is 42.0 Å². The summed E-state index contributed by atoms with van der Waals surface area (Å²) >= 11 is 13.4. The standard InChI is InChI=1S/C18H15Cl2N3OS/c1-12-4-2-3-5-16(12)23-9-8-21-18(23)25-11-17(24)22-15-10-13(19)6-7-14(15)20/h2-10H,11H2,1H3,(H,22,24). The van der Waals surface area contributed by atoms with Crippen LogP contribution in [0.5, 0.6) is 0 Å². The van der Waals surface area contributed by atoms with Gasteiger partial charge in [-0.15, -0.1) is 0 Å². The van der Waals surface area contributed by atoms with Crippen LogP contribution in [0.1, 0.15) is 5.56 Å². The van der Waals surface area contributed by atoms with Crippen molar-refractivity contribution in [3.05, 3.63) is 70.5 Å². The summed E-state index contributed by atoms with van der Waals surface area (Å²) in [6.07, 6.45) is 3.61. The van der Waals surface area contributed by atoms with E-state index in [0.717, 1.165) is 16.4 Å². The van der Waals surface area contributed by atoms with Crippen LogP contribution in [0, 0.1) is 6.92 Å². The third-order valence-electron chi connectivity index (χ3n) is 3.52. The SMILES string of the molecule is Cc1ccccc1-n1ccnc1SCC(=O)Nc1cc(Cl)ccc1Cl. The molecule has 1 aromatic heterocycles.